The highest BCUT2D eigenvalue weighted by atomic mass is 35.5. The molecule has 17 heavy (non-hydrogen) atoms. The van der Waals surface area contributed by atoms with Crippen LogP contribution in [0.3, 0.4) is 0 Å². The maximum absolute atomic E-state index is 6.15. The van der Waals surface area contributed by atoms with E-state index in [4.69, 9.17) is 34.8 Å². The van der Waals surface area contributed by atoms with Gasteiger partial charge in [0.25, 0.3) is 0 Å². The molecule has 1 nitrogen and oxygen atoms in total. The standard InChI is InChI=1S/C13H16Cl3N/c1-13(2)4-3-9(7-13)17-12-10(15)5-8(14)6-11(12)16/h5-6,9,17H,3-4,7H2,1-2H3. The molecule has 0 aliphatic heterocycles. The molecule has 0 saturated heterocycles. The van der Waals surface area contributed by atoms with Crippen LogP contribution in [0.25, 0.3) is 0 Å². The van der Waals surface area contributed by atoms with Gasteiger partial charge in [-0.1, -0.05) is 48.7 Å². The first kappa shape index (κ1) is 13.3. The fourth-order valence-corrected chi connectivity index (χ4v) is 3.37. The largest absolute Gasteiger partial charge is 0.380 e. The Kier molecular flexibility index (Phi) is 3.82. The van der Waals surface area contributed by atoms with Gasteiger partial charge >= 0.3 is 0 Å². The van der Waals surface area contributed by atoms with E-state index in [-0.39, 0.29) is 0 Å². The van der Waals surface area contributed by atoms with E-state index in [0.29, 0.717) is 26.5 Å². The quantitative estimate of drug-likeness (QED) is 0.744. The molecular formula is C13H16Cl3N. The van der Waals surface area contributed by atoms with E-state index in [2.05, 4.69) is 19.2 Å². The molecule has 0 spiro atoms. The lowest BCUT2D eigenvalue weighted by Crippen LogP contribution is -2.18. The fraction of sp³-hybridized carbons (Fsp3) is 0.538. The maximum atomic E-state index is 6.15. The molecule has 0 heterocycles. The van der Waals surface area contributed by atoms with Crippen molar-refractivity contribution in [2.45, 2.75) is 39.2 Å². The Labute approximate surface area is 117 Å². The highest BCUT2D eigenvalue weighted by molar-refractivity contribution is 6.41. The summed E-state index contributed by atoms with van der Waals surface area (Å²) in [7, 11) is 0. The van der Waals surface area contributed by atoms with E-state index in [1.807, 2.05) is 0 Å². The van der Waals surface area contributed by atoms with Crippen molar-refractivity contribution in [3.8, 4) is 0 Å². The van der Waals surface area contributed by atoms with Gasteiger partial charge < -0.3 is 5.32 Å². The van der Waals surface area contributed by atoms with Crippen LogP contribution in [0.2, 0.25) is 15.1 Å². The minimum atomic E-state index is 0.406. The molecule has 1 unspecified atom stereocenters. The molecule has 0 bridgehead atoms. The smallest absolute Gasteiger partial charge is 0.0722 e. The highest BCUT2D eigenvalue weighted by Crippen LogP contribution is 2.41. The Morgan fingerprint density at radius 2 is 1.76 bits per heavy atom. The van der Waals surface area contributed by atoms with E-state index >= 15 is 0 Å². The van der Waals surface area contributed by atoms with Crippen molar-refractivity contribution in [1.82, 2.24) is 0 Å². The Balaban J connectivity index is 2.15. The molecule has 1 fully saturated rings. The number of benzene rings is 1. The van der Waals surface area contributed by atoms with Crippen molar-refractivity contribution < 1.29 is 0 Å². The van der Waals surface area contributed by atoms with Gasteiger partial charge in [0.2, 0.25) is 0 Å². The number of rotatable bonds is 2. The van der Waals surface area contributed by atoms with Gasteiger partial charge in [-0.2, -0.15) is 0 Å². The molecule has 4 heteroatoms. The normalized spacial score (nSPS) is 22.8. The van der Waals surface area contributed by atoms with Gasteiger partial charge in [-0.15, -0.1) is 0 Å². The highest BCUT2D eigenvalue weighted by Gasteiger charge is 2.31. The van der Waals surface area contributed by atoms with E-state index < -0.39 is 0 Å². The fourth-order valence-electron chi connectivity index (χ4n) is 2.44. The van der Waals surface area contributed by atoms with E-state index in [1.54, 1.807) is 12.1 Å². The third-order valence-electron chi connectivity index (χ3n) is 3.32. The summed E-state index contributed by atoms with van der Waals surface area (Å²) < 4.78 is 0. The summed E-state index contributed by atoms with van der Waals surface area (Å²) in [6, 6.07) is 3.88. The molecule has 1 saturated carbocycles. The van der Waals surface area contributed by atoms with Crippen LogP contribution < -0.4 is 5.32 Å². The SMILES string of the molecule is CC1(C)CCC(Nc2c(Cl)cc(Cl)cc2Cl)C1. The van der Waals surface area contributed by atoms with Crippen LogP contribution >= 0.6 is 34.8 Å². The lowest BCUT2D eigenvalue weighted by atomic mass is 9.92. The van der Waals surface area contributed by atoms with Crippen LogP contribution in [0, 0.1) is 5.41 Å². The van der Waals surface area contributed by atoms with Crippen LogP contribution in [0.4, 0.5) is 5.69 Å². The van der Waals surface area contributed by atoms with Gasteiger partial charge in [-0.3, -0.25) is 0 Å². The Morgan fingerprint density at radius 1 is 1.18 bits per heavy atom. The zero-order chi connectivity index (χ0) is 12.6. The van der Waals surface area contributed by atoms with Gasteiger partial charge in [0.1, 0.15) is 0 Å². The molecule has 1 aliphatic rings. The average molecular weight is 293 g/mol. The summed E-state index contributed by atoms with van der Waals surface area (Å²) in [5.74, 6) is 0. The number of hydrogen-bond donors (Lipinski definition) is 1. The van der Waals surface area contributed by atoms with Crippen LogP contribution in [-0.2, 0) is 0 Å². The predicted octanol–water partition coefficient (Wildman–Crippen LogP) is 5.64. The van der Waals surface area contributed by atoms with Gasteiger partial charge in [0.05, 0.1) is 15.7 Å². The van der Waals surface area contributed by atoms with E-state index in [0.717, 1.165) is 18.5 Å². The van der Waals surface area contributed by atoms with Crippen molar-refractivity contribution in [1.29, 1.82) is 0 Å². The summed E-state index contributed by atoms with van der Waals surface area (Å²) in [6.07, 6.45) is 3.53. The van der Waals surface area contributed by atoms with Gasteiger partial charge in [0, 0.05) is 11.1 Å². The summed E-state index contributed by atoms with van der Waals surface area (Å²) in [6.45, 7) is 4.58. The third kappa shape index (κ3) is 3.21. The van der Waals surface area contributed by atoms with Crippen molar-refractivity contribution in [2.75, 3.05) is 5.32 Å². The topological polar surface area (TPSA) is 12.0 Å². The second kappa shape index (κ2) is 4.87. The Hall–Kier alpha value is -0.110. The summed E-state index contributed by atoms with van der Waals surface area (Å²) in [5.41, 5.74) is 1.21. The minimum Gasteiger partial charge on any atom is -0.380 e. The van der Waals surface area contributed by atoms with Crippen molar-refractivity contribution >= 4 is 40.5 Å². The number of hydrogen-bond acceptors (Lipinski definition) is 1. The molecule has 0 radical (unpaired) electrons. The van der Waals surface area contributed by atoms with Gasteiger partial charge in [-0.05, 0) is 36.8 Å². The van der Waals surface area contributed by atoms with Crippen LogP contribution in [0.5, 0.6) is 0 Å². The van der Waals surface area contributed by atoms with Gasteiger partial charge in [0.15, 0.2) is 0 Å². The zero-order valence-electron chi connectivity index (χ0n) is 9.99. The van der Waals surface area contributed by atoms with Crippen LogP contribution in [0.1, 0.15) is 33.1 Å². The Bertz CT molecular complexity index is 406. The molecule has 1 aliphatic carbocycles. The Morgan fingerprint density at radius 3 is 2.24 bits per heavy atom. The summed E-state index contributed by atoms with van der Waals surface area (Å²) in [4.78, 5) is 0. The number of halogens is 3. The van der Waals surface area contributed by atoms with Crippen LogP contribution in [-0.4, -0.2) is 6.04 Å². The lowest BCUT2D eigenvalue weighted by Gasteiger charge is -2.20. The van der Waals surface area contributed by atoms with Crippen molar-refractivity contribution in [2.24, 2.45) is 5.41 Å². The first-order valence-electron chi connectivity index (χ1n) is 5.78. The second-order valence-corrected chi connectivity index (χ2v) is 6.74. The molecule has 0 amide bonds. The number of nitrogens with one attached hydrogen (secondary N) is 1. The zero-order valence-corrected chi connectivity index (χ0v) is 12.3. The van der Waals surface area contributed by atoms with E-state index in [9.17, 15) is 0 Å². The monoisotopic (exact) mass is 291 g/mol. The molecule has 1 aromatic carbocycles. The predicted molar refractivity (Wildman–Crippen MR) is 76.5 cm³/mol. The first-order chi connectivity index (χ1) is 7.87. The molecule has 0 aromatic heterocycles. The van der Waals surface area contributed by atoms with Gasteiger partial charge in [-0.25, -0.2) is 0 Å². The molecule has 1 N–H and O–H groups in total. The molecule has 1 atom stereocenters. The lowest BCUT2D eigenvalue weighted by molar-refractivity contribution is 0.378. The third-order valence-corrected chi connectivity index (χ3v) is 4.14. The molecular weight excluding hydrogens is 277 g/mol. The van der Waals surface area contributed by atoms with E-state index in [1.165, 1.54) is 6.42 Å². The van der Waals surface area contributed by atoms with Crippen molar-refractivity contribution in [3.63, 3.8) is 0 Å². The number of anilines is 1. The molecule has 2 rings (SSSR count). The minimum absolute atomic E-state index is 0.406. The second-order valence-electron chi connectivity index (χ2n) is 5.49. The van der Waals surface area contributed by atoms with Crippen molar-refractivity contribution in [3.05, 3.63) is 27.2 Å². The molecule has 1 aromatic rings. The maximum Gasteiger partial charge on any atom is 0.0722 e. The summed E-state index contributed by atoms with van der Waals surface area (Å²) in [5, 5.41) is 5.18. The van der Waals surface area contributed by atoms with Crippen LogP contribution in [0.15, 0.2) is 12.1 Å². The average Bonchev–Trinajstić information content (AvgIpc) is 2.52. The first-order valence-corrected chi connectivity index (χ1v) is 6.92. The summed E-state index contributed by atoms with van der Waals surface area (Å²) >= 11 is 18.2. The molecule has 94 valence electrons.